The number of carbonyl (C=O) groups is 2. The Labute approximate surface area is 91.7 Å². The number of aliphatic hydroxyl groups excluding tert-OH is 5. The SMILES string of the molecule is CCO.O=C(OC(=O)C(O)CO)C(O)CO. The smallest absolute Gasteiger partial charge is 0.345 e. The molecule has 5 N–H and O–H groups in total. The first kappa shape index (κ1) is 17.3. The lowest BCUT2D eigenvalue weighted by molar-refractivity contribution is -0.173. The highest BCUT2D eigenvalue weighted by molar-refractivity contribution is 5.89. The quantitative estimate of drug-likeness (QED) is 0.254. The van der Waals surface area contributed by atoms with E-state index in [1.807, 2.05) is 0 Å². The van der Waals surface area contributed by atoms with Crippen LogP contribution in [0.5, 0.6) is 0 Å². The van der Waals surface area contributed by atoms with Crippen molar-refractivity contribution in [3.8, 4) is 0 Å². The van der Waals surface area contributed by atoms with Crippen LogP contribution in [0.1, 0.15) is 6.92 Å². The van der Waals surface area contributed by atoms with E-state index in [4.69, 9.17) is 25.5 Å². The van der Waals surface area contributed by atoms with Crippen molar-refractivity contribution in [3.63, 3.8) is 0 Å². The number of aliphatic hydroxyl groups is 5. The fraction of sp³-hybridized carbons (Fsp3) is 0.750. The van der Waals surface area contributed by atoms with E-state index in [-0.39, 0.29) is 6.61 Å². The fourth-order valence-electron chi connectivity index (χ4n) is 0.384. The van der Waals surface area contributed by atoms with E-state index in [1.54, 1.807) is 6.92 Å². The summed E-state index contributed by atoms with van der Waals surface area (Å²) in [4.78, 5) is 21.1. The van der Waals surface area contributed by atoms with Gasteiger partial charge >= 0.3 is 11.9 Å². The van der Waals surface area contributed by atoms with Crippen LogP contribution in [-0.2, 0) is 14.3 Å². The van der Waals surface area contributed by atoms with E-state index in [9.17, 15) is 9.59 Å². The Balaban J connectivity index is 0. The largest absolute Gasteiger partial charge is 0.397 e. The zero-order valence-corrected chi connectivity index (χ0v) is 8.74. The maximum Gasteiger partial charge on any atom is 0.345 e. The third kappa shape index (κ3) is 8.26. The number of esters is 2. The summed E-state index contributed by atoms with van der Waals surface area (Å²) in [6.45, 7) is 0.155. The Kier molecular flexibility index (Phi) is 11.3. The summed E-state index contributed by atoms with van der Waals surface area (Å²) in [5.74, 6) is -2.75. The van der Waals surface area contributed by atoms with E-state index >= 15 is 0 Å². The van der Waals surface area contributed by atoms with Crippen LogP contribution in [0.3, 0.4) is 0 Å². The summed E-state index contributed by atoms with van der Waals surface area (Å²) in [5.41, 5.74) is 0. The molecule has 0 aliphatic heterocycles. The zero-order chi connectivity index (χ0) is 13.1. The Bertz CT molecular complexity index is 184. The highest BCUT2D eigenvalue weighted by atomic mass is 16.6. The van der Waals surface area contributed by atoms with E-state index < -0.39 is 37.4 Å². The monoisotopic (exact) mass is 240 g/mol. The van der Waals surface area contributed by atoms with E-state index in [0.29, 0.717) is 0 Å². The van der Waals surface area contributed by atoms with Gasteiger partial charge in [-0.15, -0.1) is 0 Å². The second-order valence-electron chi connectivity index (χ2n) is 2.45. The maximum absolute atomic E-state index is 10.6. The lowest BCUT2D eigenvalue weighted by atomic mass is 10.3. The fourth-order valence-corrected chi connectivity index (χ4v) is 0.384. The van der Waals surface area contributed by atoms with Crippen molar-refractivity contribution in [3.05, 3.63) is 0 Å². The lowest BCUT2D eigenvalue weighted by Crippen LogP contribution is -2.34. The van der Waals surface area contributed by atoms with Crippen LogP contribution >= 0.6 is 0 Å². The molecule has 0 aromatic rings. The van der Waals surface area contributed by atoms with E-state index in [1.165, 1.54) is 0 Å². The highest BCUT2D eigenvalue weighted by Gasteiger charge is 2.23. The van der Waals surface area contributed by atoms with Gasteiger partial charge in [-0.1, -0.05) is 0 Å². The zero-order valence-electron chi connectivity index (χ0n) is 8.74. The summed E-state index contributed by atoms with van der Waals surface area (Å²) >= 11 is 0. The minimum atomic E-state index is -1.82. The molecular weight excluding hydrogens is 224 g/mol. The molecule has 0 fully saturated rings. The predicted octanol–water partition coefficient (Wildman–Crippen LogP) is -3.24. The van der Waals surface area contributed by atoms with E-state index in [0.717, 1.165) is 0 Å². The number of carbonyl (C=O) groups excluding carboxylic acids is 2. The van der Waals surface area contributed by atoms with Gasteiger partial charge in [0.2, 0.25) is 0 Å². The van der Waals surface area contributed by atoms with Crippen LogP contribution in [0.2, 0.25) is 0 Å². The van der Waals surface area contributed by atoms with Crippen LogP contribution < -0.4 is 0 Å². The van der Waals surface area contributed by atoms with E-state index in [2.05, 4.69) is 4.74 Å². The van der Waals surface area contributed by atoms with Gasteiger partial charge < -0.3 is 30.3 Å². The molecule has 0 spiro atoms. The normalized spacial score (nSPS) is 13.1. The molecule has 8 heteroatoms. The first-order chi connectivity index (χ1) is 7.44. The minimum absolute atomic E-state index is 0.250. The molecule has 0 bridgehead atoms. The predicted molar refractivity (Wildman–Crippen MR) is 50.0 cm³/mol. The molecule has 0 saturated carbocycles. The van der Waals surface area contributed by atoms with Crippen molar-refractivity contribution in [2.24, 2.45) is 0 Å². The van der Waals surface area contributed by atoms with Gasteiger partial charge in [0, 0.05) is 6.61 Å². The second-order valence-corrected chi connectivity index (χ2v) is 2.45. The molecular formula is C8H16O8. The molecule has 0 heterocycles. The van der Waals surface area contributed by atoms with Gasteiger partial charge in [0.25, 0.3) is 0 Å². The molecule has 0 radical (unpaired) electrons. The molecule has 2 atom stereocenters. The molecule has 0 saturated heterocycles. The molecule has 0 aromatic carbocycles. The first-order valence-corrected chi connectivity index (χ1v) is 4.38. The maximum atomic E-state index is 10.6. The average molecular weight is 240 g/mol. The van der Waals surface area contributed by atoms with Crippen molar-refractivity contribution in [1.29, 1.82) is 0 Å². The van der Waals surface area contributed by atoms with Gasteiger partial charge in [0.05, 0.1) is 13.2 Å². The van der Waals surface area contributed by atoms with Gasteiger partial charge in [-0.2, -0.15) is 0 Å². The van der Waals surface area contributed by atoms with Crippen molar-refractivity contribution < 1.29 is 39.9 Å². The third-order valence-electron chi connectivity index (χ3n) is 1.09. The number of ether oxygens (including phenoxy) is 1. The van der Waals surface area contributed by atoms with Crippen LogP contribution in [0.25, 0.3) is 0 Å². The van der Waals surface area contributed by atoms with Gasteiger partial charge in [-0.3, -0.25) is 0 Å². The Hall–Kier alpha value is -1.06. The van der Waals surface area contributed by atoms with Crippen molar-refractivity contribution in [1.82, 2.24) is 0 Å². The molecule has 0 aliphatic carbocycles. The lowest BCUT2D eigenvalue weighted by Gasteiger charge is -2.08. The molecule has 8 nitrogen and oxygen atoms in total. The topological polar surface area (TPSA) is 145 Å². The standard InChI is InChI=1S/C6H10O7.C2H6O/c7-1-3(9)5(11)13-6(12)4(10)2-8;1-2-3/h3-4,7-10H,1-2H2;3H,2H2,1H3. The molecule has 0 aliphatic rings. The molecule has 2 unspecified atom stereocenters. The summed E-state index contributed by atoms with van der Waals surface area (Å²) in [6.07, 6.45) is -3.65. The van der Waals surface area contributed by atoms with Gasteiger partial charge in [0.1, 0.15) is 0 Å². The molecule has 0 aromatic heterocycles. The van der Waals surface area contributed by atoms with Crippen molar-refractivity contribution >= 4 is 11.9 Å². The van der Waals surface area contributed by atoms with Gasteiger partial charge in [-0.25, -0.2) is 9.59 Å². The molecule has 0 rings (SSSR count). The van der Waals surface area contributed by atoms with Gasteiger partial charge in [0.15, 0.2) is 12.2 Å². The molecule has 0 amide bonds. The average Bonchev–Trinajstić information content (AvgIpc) is 2.27. The Morgan fingerprint density at radius 3 is 1.44 bits per heavy atom. The van der Waals surface area contributed by atoms with Crippen LogP contribution in [-0.4, -0.2) is 69.5 Å². The summed E-state index contributed by atoms with van der Waals surface area (Å²) in [7, 11) is 0. The number of hydrogen-bond acceptors (Lipinski definition) is 8. The minimum Gasteiger partial charge on any atom is -0.397 e. The van der Waals surface area contributed by atoms with Crippen molar-refractivity contribution in [2.75, 3.05) is 19.8 Å². The Morgan fingerprint density at radius 1 is 1.00 bits per heavy atom. The number of hydrogen-bond donors (Lipinski definition) is 5. The summed E-state index contributed by atoms with van der Waals surface area (Å²) in [6, 6.07) is 0. The summed E-state index contributed by atoms with van der Waals surface area (Å²) < 4.78 is 3.86. The first-order valence-electron chi connectivity index (χ1n) is 4.38. The second kappa shape index (κ2) is 10.5. The number of rotatable bonds is 4. The highest BCUT2D eigenvalue weighted by Crippen LogP contribution is 1.92. The Morgan fingerprint density at radius 2 is 1.25 bits per heavy atom. The van der Waals surface area contributed by atoms with Crippen LogP contribution in [0.4, 0.5) is 0 Å². The molecule has 16 heavy (non-hydrogen) atoms. The van der Waals surface area contributed by atoms with Crippen LogP contribution in [0, 0.1) is 0 Å². The molecule has 96 valence electrons. The van der Waals surface area contributed by atoms with Crippen LogP contribution in [0.15, 0.2) is 0 Å². The van der Waals surface area contributed by atoms with Crippen molar-refractivity contribution in [2.45, 2.75) is 19.1 Å². The van der Waals surface area contributed by atoms with Gasteiger partial charge in [-0.05, 0) is 6.92 Å². The third-order valence-corrected chi connectivity index (χ3v) is 1.09. The summed E-state index contributed by atoms with van der Waals surface area (Å²) in [5, 5.41) is 41.3.